The van der Waals surface area contributed by atoms with Gasteiger partial charge in [-0.3, -0.25) is 14.0 Å². The van der Waals surface area contributed by atoms with E-state index in [4.69, 9.17) is 10.7 Å². The number of amides is 1. The molecule has 3 heterocycles. The molecule has 0 radical (unpaired) electrons. The number of carbonyl (C=O) groups is 1. The Balaban J connectivity index is 2.28. The SMILES string of the molecule is Cc1cccn2c(=O)c(/C=C(\C#N)C(N)=O)c(N3CCC(C)CC3)nc12. The smallest absolute Gasteiger partial charge is 0.267 e. The number of hydrogen-bond acceptors (Lipinski definition) is 5. The maximum atomic E-state index is 13.1. The lowest BCUT2D eigenvalue weighted by Gasteiger charge is -2.32. The topological polar surface area (TPSA) is 104 Å². The molecule has 2 N–H and O–H groups in total. The minimum atomic E-state index is -0.862. The minimum absolute atomic E-state index is 0.220. The van der Waals surface area contributed by atoms with Crippen molar-refractivity contribution in [3.8, 4) is 6.07 Å². The van der Waals surface area contributed by atoms with Gasteiger partial charge in [-0.1, -0.05) is 13.0 Å². The van der Waals surface area contributed by atoms with E-state index in [-0.39, 0.29) is 16.7 Å². The standard InChI is InChI=1S/C19H21N5O2/c1-12-5-8-23(9-6-12)18-15(10-14(11-20)16(21)25)19(26)24-7-3-4-13(2)17(24)22-18/h3-4,7,10,12H,5-6,8-9H2,1-2H3,(H2,21,25)/b14-10+. The maximum Gasteiger partial charge on any atom is 0.267 e. The predicted molar refractivity (Wildman–Crippen MR) is 99.6 cm³/mol. The minimum Gasteiger partial charge on any atom is -0.365 e. The largest absolute Gasteiger partial charge is 0.365 e. The second-order valence-corrected chi connectivity index (χ2v) is 6.74. The predicted octanol–water partition coefficient (Wildman–Crippen LogP) is 1.63. The van der Waals surface area contributed by atoms with Crippen molar-refractivity contribution < 1.29 is 4.79 Å². The second-order valence-electron chi connectivity index (χ2n) is 6.74. The molecule has 1 aliphatic rings. The summed E-state index contributed by atoms with van der Waals surface area (Å²) in [6.07, 6.45) is 4.89. The van der Waals surface area contributed by atoms with Crippen LogP contribution in [0.5, 0.6) is 0 Å². The van der Waals surface area contributed by atoms with Crippen LogP contribution in [0.15, 0.2) is 28.7 Å². The molecule has 26 heavy (non-hydrogen) atoms. The van der Waals surface area contributed by atoms with Crippen LogP contribution in [0.3, 0.4) is 0 Å². The average Bonchev–Trinajstić information content (AvgIpc) is 2.62. The fourth-order valence-electron chi connectivity index (χ4n) is 3.19. The van der Waals surface area contributed by atoms with Crippen molar-refractivity contribution in [3.63, 3.8) is 0 Å². The van der Waals surface area contributed by atoms with E-state index in [2.05, 4.69) is 11.8 Å². The van der Waals surface area contributed by atoms with E-state index in [1.807, 2.05) is 13.0 Å². The zero-order chi connectivity index (χ0) is 18.8. The van der Waals surface area contributed by atoms with Crippen LogP contribution < -0.4 is 16.2 Å². The van der Waals surface area contributed by atoms with Gasteiger partial charge in [-0.15, -0.1) is 0 Å². The van der Waals surface area contributed by atoms with Gasteiger partial charge in [-0.25, -0.2) is 4.98 Å². The number of aromatic nitrogens is 2. The van der Waals surface area contributed by atoms with Crippen molar-refractivity contribution in [1.29, 1.82) is 5.26 Å². The van der Waals surface area contributed by atoms with Crippen LogP contribution in [0, 0.1) is 24.2 Å². The number of anilines is 1. The Kier molecular flexibility index (Phi) is 4.76. The molecule has 134 valence electrons. The van der Waals surface area contributed by atoms with Gasteiger partial charge in [0, 0.05) is 19.3 Å². The number of nitriles is 1. The molecule has 0 bridgehead atoms. The molecule has 0 aliphatic carbocycles. The highest BCUT2D eigenvalue weighted by atomic mass is 16.1. The summed E-state index contributed by atoms with van der Waals surface area (Å²) >= 11 is 0. The van der Waals surface area contributed by atoms with E-state index >= 15 is 0 Å². The zero-order valence-corrected chi connectivity index (χ0v) is 14.9. The Labute approximate surface area is 151 Å². The van der Waals surface area contributed by atoms with Gasteiger partial charge >= 0.3 is 0 Å². The third-order valence-electron chi connectivity index (χ3n) is 4.82. The summed E-state index contributed by atoms with van der Waals surface area (Å²) in [7, 11) is 0. The van der Waals surface area contributed by atoms with E-state index in [0.717, 1.165) is 31.5 Å². The molecule has 0 atom stereocenters. The quantitative estimate of drug-likeness (QED) is 0.668. The molecular formula is C19H21N5O2. The number of nitrogens with zero attached hydrogens (tertiary/aromatic N) is 4. The van der Waals surface area contributed by atoms with Gasteiger partial charge < -0.3 is 10.6 Å². The van der Waals surface area contributed by atoms with Crippen LogP contribution in [0.2, 0.25) is 0 Å². The Morgan fingerprint density at radius 2 is 2.12 bits per heavy atom. The van der Waals surface area contributed by atoms with Crippen molar-refractivity contribution in [1.82, 2.24) is 9.38 Å². The monoisotopic (exact) mass is 351 g/mol. The molecule has 1 amide bonds. The lowest BCUT2D eigenvalue weighted by Crippen LogP contribution is -2.36. The first-order valence-corrected chi connectivity index (χ1v) is 8.61. The van der Waals surface area contributed by atoms with Crippen LogP contribution in [-0.4, -0.2) is 28.4 Å². The molecule has 7 heteroatoms. The van der Waals surface area contributed by atoms with Crippen molar-refractivity contribution >= 4 is 23.4 Å². The van der Waals surface area contributed by atoms with Crippen LogP contribution in [-0.2, 0) is 4.79 Å². The number of hydrogen-bond donors (Lipinski definition) is 1. The highest BCUT2D eigenvalue weighted by Gasteiger charge is 2.23. The Morgan fingerprint density at radius 1 is 1.42 bits per heavy atom. The molecule has 7 nitrogen and oxygen atoms in total. The van der Waals surface area contributed by atoms with Gasteiger partial charge in [-0.2, -0.15) is 5.26 Å². The van der Waals surface area contributed by atoms with E-state index in [9.17, 15) is 14.9 Å². The van der Waals surface area contributed by atoms with Gasteiger partial charge in [0.2, 0.25) is 0 Å². The average molecular weight is 351 g/mol. The van der Waals surface area contributed by atoms with E-state index in [0.29, 0.717) is 17.4 Å². The van der Waals surface area contributed by atoms with Crippen molar-refractivity contribution in [3.05, 3.63) is 45.4 Å². The van der Waals surface area contributed by atoms with Crippen LogP contribution in [0.25, 0.3) is 11.7 Å². The highest BCUT2D eigenvalue weighted by molar-refractivity contribution is 6.01. The summed E-state index contributed by atoms with van der Waals surface area (Å²) in [6, 6.07) is 5.42. The number of rotatable bonds is 3. The number of primary amides is 1. The van der Waals surface area contributed by atoms with Gasteiger partial charge in [0.05, 0.1) is 5.56 Å². The van der Waals surface area contributed by atoms with Crippen molar-refractivity contribution in [2.45, 2.75) is 26.7 Å². The Hall–Kier alpha value is -3.14. The molecule has 0 spiro atoms. The molecule has 1 aliphatic heterocycles. The summed E-state index contributed by atoms with van der Waals surface area (Å²) in [5.74, 6) is 0.262. The number of piperidine rings is 1. The van der Waals surface area contributed by atoms with Crippen molar-refractivity contribution in [2.75, 3.05) is 18.0 Å². The number of aryl methyl sites for hydroxylation is 1. The molecule has 2 aromatic rings. The third kappa shape index (κ3) is 3.18. The van der Waals surface area contributed by atoms with Crippen molar-refractivity contribution in [2.24, 2.45) is 11.7 Å². The fourth-order valence-corrected chi connectivity index (χ4v) is 3.19. The molecule has 1 fully saturated rings. The molecule has 2 aromatic heterocycles. The summed E-state index contributed by atoms with van der Waals surface area (Å²) in [6.45, 7) is 5.64. The third-order valence-corrected chi connectivity index (χ3v) is 4.82. The lowest BCUT2D eigenvalue weighted by molar-refractivity contribution is -0.114. The number of carbonyl (C=O) groups excluding carboxylic acids is 1. The summed E-state index contributed by atoms with van der Waals surface area (Å²) < 4.78 is 1.44. The second kappa shape index (κ2) is 7.00. The van der Waals surface area contributed by atoms with Gasteiger partial charge in [0.15, 0.2) is 0 Å². The van der Waals surface area contributed by atoms with Gasteiger partial charge in [0.1, 0.15) is 23.1 Å². The molecule has 0 saturated carbocycles. The van der Waals surface area contributed by atoms with Crippen LogP contribution >= 0.6 is 0 Å². The first-order chi connectivity index (χ1) is 12.4. The Morgan fingerprint density at radius 3 is 2.73 bits per heavy atom. The zero-order valence-electron chi connectivity index (χ0n) is 14.9. The molecule has 1 saturated heterocycles. The summed E-state index contributed by atoms with van der Waals surface area (Å²) in [5.41, 5.74) is 6.34. The van der Waals surface area contributed by atoms with E-state index in [1.54, 1.807) is 18.3 Å². The summed E-state index contributed by atoms with van der Waals surface area (Å²) in [5, 5.41) is 9.18. The van der Waals surface area contributed by atoms with E-state index in [1.165, 1.54) is 10.5 Å². The fraction of sp³-hybridized carbons (Fsp3) is 0.368. The highest BCUT2D eigenvalue weighted by Crippen LogP contribution is 2.25. The van der Waals surface area contributed by atoms with Gasteiger partial charge in [0.25, 0.3) is 11.5 Å². The first-order valence-electron chi connectivity index (χ1n) is 8.61. The number of pyridine rings is 1. The Bertz CT molecular complexity index is 991. The maximum absolute atomic E-state index is 13.1. The number of fused-ring (bicyclic) bond motifs is 1. The normalized spacial score (nSPS) is 15.9. The number of nitrogens with two attached hydrogens (primary N) is 1. The lowest BCUT2D eigenvalue weighted by atomic mass is 9.99. The van der Waals surface area contributed by atoms with Gasteiger partial charge in [-0.05, 0) is 43.4 Å². The van der Waals surface area contributed by atoms with Crippen LogP contribution in [0.1, 0.15) is 30.9 Å². The molecule has 3 rings (SSSR count). The van der Waals surface area contributed by atoms with E-state index < -0.39 is 5.91 Å². The molecular weight excluding hydrogens is 330 g/mol. The summed E-state index contributed by atoms with van der Waals surface area (Å²) in [4.78, 5) is 31.3. The first kappa shape index (κ1) is 17.7. The molecule has 0 unspecified atom stereocenters. The molecule has 0 aromatic carbocycles. The van der Waals surface area contributed by atoms with Crippen LogP contribution in [0.4, 0.5) is 5.82 Å².